The molecule has 0 N–H and O–H groups in total. The van der Waals surface area contributed by atoms with E-state index in [0.717, 1.165) is 36.3 Å². The molecule has 0 aromatic heterocycles. The van der Waals surface area contributed by atoms with Gasteiger partial charge in [0.2, 0.25) is 0 Å². The van der Waals surface area contributed by atoms with Crippen LogP contribution in [-0.4, -0.2) is 5.78 Å². The van der Waals surface area contributed by atoms with Crippen molar-refractivity contribution in [1.82, 2.24) is 0 Å². The van der Waals surface area contributed by atoms with Crippen molar-refractivity contribution >= 4 is 17.4 Å². The van der Waals surface area contributed by atoms with Crippen molar-refractivity contribution in [2.45, 2.75) is 39.0 Å². The number of allylic oxidation sites excluding steroid dienone is 2. The maximum Gasteiger partial charge on any atom is 0.155 e. The maximum absolute atomic E-state index is 11.5. The van der Waals surface area contributed by atoms with Gasteiger partial charge in [-0.25, -0.2) is 0 Å². The summed E-state index contributed by atoms with van der Waals surface area (Å²) >= 11 is 6.21. The predicted octanol–water partition coefficient (Wildman–Crippen LogP) is 4.26. The van der Waals surface area contributed by atoms with Crippen LogP contribution in [0.25, 0.3) is 0 Å². The fourth-order valence-electron chi connectivity index (χ4n) is 2.20. The van der Waals surface area contributed by atoms with Crippen LogP contribution in [0.5, 0.6) is 0 Å². The Bertz CT molecular complexity index is 460. The van der Waals surface area contributed by atoms with E-state index in [1.807, 2.05) is 19.1 Å². The summed E-state index contributed by atoms with van der Waals surface area (Å²) in [7, 11) is 0. The first kappa shape index (κ1) is 12.4. The van der Waals surface area contributed by atoms with Gasteiger partial charge in [-0.1, -0.05) is 29.3 Å². The van der Waals surface area contributed by atoms with E-state index in [0.29, 0.717) is 6.42 Å². The monoisotopic (exact) mass is 248 g/mol. The molecule has 1 aliphatic rings. The zero-order valence-corrected chi connectivity index (χ0v) is 10.9. The Labute approximate surface area is 107 Å². The molecule has 0 amide bonds. The van der Waals surface area contributed by atoms with Crippen molar-refractivity contribution in [2.24, 2.45) is 0 Å². The fraction of sp³-hybridized carbons (Fsp3) is 0.400. The highest BCUT2D eigenvalue weighted by Crippen LogP contribution is 2.24. The van der Waals surface area contributed by atoms with Crippen LogP contribution in [0.15, 0.2) is 29.8 Å². The van der Waals surface area contributed by atoms with Crippen LogP contribution in [0, 0.1) is 6.92 Å². The molecule has 1 aromatic carbocycles. The second-order valence-electron chi connectivity index (χ2n) is 4.75. The molecule has 0 fully saturated rings. The molecular weight excluding hydrogens is 232 g/mol. The van der Waals surface area contributed by atoms with Crippen molar-refractivity contribution < 1.29 is 4.79 Å². The van der Waals surface area contributed by atoms with E-state index in [2.05, 4.69) is 12.1 Å². The molecule has 0 bridgehead atoms. The standard InChI is InChI=1S/C15H17ClO/c1-11-6-7-13(15(16)8-11)9-12-4-2-3-5-14(17)10-12/h6-8,10H,2-5,9H2,1H3. The number of aryl methyl sites for hydroxylation is 1. The van der Waals surface area contributed by atoms with Gasteiger partial charge < -0.3 is 0 Å². The minimum Gasteiger partial charge on any atom is -0.295 e. The Morgan fingerprint density at radius 3 is 2.76 bits per heavy atom. The number of carbonyl (C=O) groups excluding carboxylic acids is 1. The summed E-state index contributed by atoms with van der Waals surface area (Å²) in [5.74, 6) is 0.265. The smallest absolute Gasteiger partial charge is 0.155 e. The molecule has 0 saturated carbocycles. The van der Waals surface area contributed by atoms with Crippen LogP contribution in [0.1, 0.15) is 36.8 Å². The van der Waals surface area contributed by atoms with E-state index >= 15 is 0 Å². The highest BCUT2D eigenvalue weighted by molar-refractivity contribution is 6.31. The van der Waals surface area contributed by atoms with Gasteiger partial charge in [-0.2, -0.15) is 0 Å². The molecule has 1 aliphatic carbocycles. The number of rotatable bonds is 2. The van der Waals surface area contributed by atoms with E-state index in [1.165, 1.54) is 11.1 Å². The van der Waals surface area contributed by atoms with E-state index in [4.69, 9.17) is 11.6 Å². The topological polar surface area (TPSA) is 17.1 Å². The Hall–Kier alpha value is -1.08. The average Bonchev–Trinajstić information content (AvgIpc) is 2.47. The summed E-state index contributed by atoms with van der Waals surface area (Å²) in [5.41, 5.74) is 3.51. The molecule has 0 unspecified atom stereocenters. The zero-order valence-electron chi connectivity index (χ0n) is 10.1. The van der Waals surface area contributed by atoms with E-state index in [9.17, 15) is 4.79 Å². The number of hydrogen-bond acceptors (Lipinski definition) is 1. The summed E-state index contributed by atoms with van der Waals surface area (Å²) in [6.45, 7) is 2.03. The number of halogens is 1. The van der Waals surface area contributed by atoms with Crippen LogP contribution in [0.2, 0.25) is 5.02 Å². The second-order valence-corrected chi connectivity index (χ2v) is 5.15. The van der Waals surface area contributed by atoms with Crippen LogP contribution in [-0.2, 0) is 11.2 Å². The molecule has 0 aliphatic heterocycles. The molecule has 0 atom stereocenters. The van der Waals surface area contributed by atoms with Crippen molar-refractivity contribution in [3.05, 3.63) is 46.0 Å². The molecule has 2 heteroatoms. The number of carbonyl (C=O) groups is 1. The first-order valence-electron chi connectivity index (χ1n) is 6.12. The van der Waals surface area contributed by atoms with E-state index < -0.39 is 0 Å². The quantitative estimate of drug-likeness (QED) is 0.764. The Kier molecular flexibility index (Phi) is 4.01. The van der Waals surface area contributed by atoms with E-state index in [1.54, 1.807) is 0 Å². The third-order valence-electron chi connectivity index (χ3n) is 3.16. The highest BCUT2D eigenvalue weighted by atomic mass is 35.5. The van der Waals surface area contributed by atoms with Crippen LogP contribution < -0.4 is 0 Å². The second kappa shape index (κ2) is 5.50. The predicted molar refractivity (Wildman–Crippen MR) is 71.5 cm³/mol. The summed E-state index contributed by atoms with van der Waals surface area (Å²) in [5, 5.41) is 0.808. The molecule has 0 radical (unpaired) electrons. The lowest BCUT2D eigenvalue weighted by Crippen LogP contribution is -1.95. The van der Waals surface area contributed by atoms with Crippen molar-refractivity contribution in [2.75, 3.05) is 0 Å². The lowest BCUT2D eigenvalue weighted by atomic mass is 10.0. The van der Waals surface area contributed by atoms with Gasteiger partial charge >= 0.3 is 0 Å². The first-order chi connectivity index (χ1) is 8.15. The number of hydrogen-bond donors (Lipinski definition) is 0. The van der Waals surface area contributed by atoms with Gasteiger partial charge in [-0.05, 0) is 55.9 Å². The molecule has 90 valence electrons. The van der Waals surface area contributed by atoms with Gasteiger partial charge in [-0.15, -0.1) is 0 Å². The minimum absolute atomic E-state index is 0.265. The first-order valence-corrected chi connectivity index (χ1v) is 6.50. The van der Waals surface area contributed by atoms with Crippen LogP contribution >= 0.6 is 11.6 Å². The Balaban J connectivity index is 2.16. The van der Waals surface area contributed by atoms with E-state index in [-0.39, 0.29) is 5.78 Å². The zero-order chi connectivity index (χ0) is 12.3. The molecule has 0 saturated heterocycles. The molecule has 0 heterocycles. The number of ketones is 1. The molecule has 2 rings (SSSR count). The normalized spacial score (nSPS) is 16.6. The fourth-order valence-corrected chi connectivity index (χ4v) is 2.50. The van der Waals surface area contributed by atoms with Gasteiger partial charge in [-0.3, -0.25) is 4.79 Å². The minimum atomic E-state index is 0.265. The highest BCUT2D eigenvalue weighted by Gasteiger charge is 2.10. The van der Waals surface area contributed by atoms with Gasteiger partial charge in [0.25, 0.3) is 0 Å². The van der Waals surface area contributed by atoms with Gasteiger partial charge in [0.1, 0.15) is 0 Å². The third kappa shape index (κ3) is 3.44. The molecule has 1 aromatic rings. The summed E-state index contributed by atoms with van der Waals surface area (Å²) in [6.07, 6.45) is 6.48. The van der Waals surface area contributed by atoms with Crippen LogP contribution in [0.4, 0.5) is 0 Å². The lowest BCUT2D eigenvalue weighted by molar-refractivity contribution is -0.114. The van der Waals surface area contributed by atoms with Crippen molar-refractivity contribution in [3.8, 4) is 0 Å². The summed E-state index contributed by atoms with van der Waals surface area (Å²) in [4.78, 5) is 11.5. The van der Waals surface area contributed by atoms with Gasteiger partial charge in [0.15, 0.2) is 5.78 Å². The molecular formula is C15H17ClO. The lowest BCUT2D eigenvalue weighted by Gasteiger charge is -2.08. The van der Waals surface area contributed by atoms with Crippen molar-refractivity contribution in [3.63, 3.8) is 0 Å². The average molecular weight is 249 g/mol. The molecule has 17 heavy (non-hydrogen) atoms. The Morgan fingerprint density at radius 2 is 2.00 bits per heavy atom. The SMILES string of the molecule is Cc1ccc(CC2=CC(=O)CCCC2)c(Cl)c1. The Morgan fingerprint density at radius 1 is 1.24 bits per heavy atom. The number of benzene rings is 1. The van der Waals surface area contributed by atoms with Gasteiger partial charge in [0.05, 0.1) is 0 Å². The third-order valence-corrected chi connectivity index (χ3v) is 3.51. The van der Waals surface area contributed by atoms with Crippen LogP contribution in [0.3, 0.4) is 0 Å². The maximum atomic E-state index is 11.5. The summed E-state index contributed by atoms with van der Waals surface area (Å²) < 4.78 is 0. The summed E-state index contributed by atoms with van der Waals surface area (Å²) in [6, 6.07) is 6.12. The molecule has 0 spiro atoms. The largest absolute Gasteiger partial charge is 0.295 e. The van der Waals surface area contributed by atoms with Crippen molar-refractivity contribution in [1.29, 1.82) is 0 Å². The van der Waals surface area contributed by atoms with Gasteiger partial charge in [0, 0.05) is 11.4 Å². The molecule has 1 nitrogen and oxygen atoms in total.